The van der Waals surface area contributed by atoms with Crippen LogP contribution in [0.15, 0.2) is 18.2 Å². The van der Waals surface area contributed by atoms with Crippen LogP contribution < -0.4 is 5.32 Å². The number of imidazole rings is 1. The Hall–Kier alpha value is -1.61. The minimum absolute atomic E-state index is 0.979. The summed E-state index contributed by atoms with van der Waals surface area (Å²) < 4.78 is 2.23. The lowest BCUT2D eigenvalue weighted by Gasteiger charge is -2.09. The molecule has 0 fully saturated rings. The minimum atomic E-state index is 0.979. The van der Waals surface area contributed by atoms with Gasteiger partial charge in [0.15, 0.2) is 0 Å². The third-order valence-corrected chi connectivity index (χ3v) is 3.65. The smallest absolute Gasteiger partial charge is 0.140 e. The maximum absolute atomic E-state index is 4.76. The molecule has 1 N–H and O–H groups in total. The van der Waals surface area contributed by atoms with Crippen molar-refractivity contribution in [3.05, 3.63) is 40.7 Å². The number of hydrogen-bond acceptors (Lipinski definition) is 2. The zero-order valence-electron chi connectivity index (χ0n) is 12.5. The van der Waals surface area contributed by atoms with E-state index in [0.717, 1.165) is 24.5 Å². The largest absolute Gasteiger partial charge is 0.331 e. The standard InChI is InChI=1S/C16H23N3/c1-11-6-7-14(12(2)10-11)16-18-13(3)15(19(16)5)8-9-17-4/h6-7,10,17H,8-9H2,1-5H3. The number of rotatable bonds is 4. The van der Waals surface area contributed by atoms with Crippen molar-refractivity contribution in [2.45, 2.75) is 27.2 Å². The lowest BCUT2D eigenvalue weighted by Crippen LogP contribution is -2.13. The predicted molar refractivity (Wildman–Crippen MR) is 80.5 cm³/mol. The molecule has 1 heterocycles. The highest BCUT2D eigenvalue weighted by Gasteiger charge is 2.14. The molecule has 0 atom stereocenters. The van der Waals surface area contributed by atoms with Crippen molar-refractivity contribution >= 4 is 0 Å². The molecule has 0 bridgehead atoms. The van der Waals surface area contributed by atoms with Gasteiger partial charge in [-0.25, -0.2) is 4.98 Å². The number of nitrogens with one attached hydrogen (secondary N) is 1. The predicted octanol–water partition coefficient (Wildman–Crippen LogP) is 2.77. The van der Waals surface area contributed by atoms with Gasteiger partial charge in [-0.1, -0.05) is 23.8 Å². The Balaban J connectivity index is 2.45. The third kappa shape index (κ3) is 2.71. The Labute approximate surface area is 115 Å². The second kappa shape index (κ2) is 5.57. The van der Waals surface area contributed by atoms with Crippen LogP contribution in [0.5, 0.6) is 0 Å². The fraction of sp³-hybridized carbons (Fsp3) is 0.438. The quantitative estimate of drug-likeness (QED) is 0.912. The molecule has 0 radical (unpaired) electrons. The van der Waals surface area contributed by atoms with Crippen LogP contribution in [0.3, 0.4) is 0 Å². The summed E-state index contributed by atoms with van der Waals surface area (Å²) in [5.41, 5.74) is 6.25. The molecule has 3 heteroatoms. The summed E-state index contributed by atoms with van der Waals surface area (Å²) in [4.78, 5) is 4.76. The summed E-state index contributed by atoms with van der Waals surface area (Å²) in [5, 5.41) is 3.20. The zero-order valence-corrected chi connectivity index (χ0v) is 12.5. The SMILES string of the molecule is CNCCc1c(C)nc(-c2ccc(C)cc2C)n1C. The number of nitrogens with zero attached hydrogens (tertiary/aromatic N) is 2. The molecule has 0 aliphatic heterocycles. The van der Waals surface area contributed by atoms with Gasteiger partial charge in [-0.3, -0.25) is 0 Å². The Morgan fingerprint density at radius 2 is 1.95 bits per heavy atom. The van der Waals surface area contributed by atoms with Gasteiger partial charge in [0.2, 0.25) is 0 Å². The number of benzene rings is 1. The Bertz CT molecular complexity index is 582. The van der Waals surface area contributed by atoms with E-state index >= 15 is 0 Å². The maximum Gasteiger partial charge on any atom is 0.140 e. The van der Waals surface area contributed by atoms with Crippen molar-refractivity contribution in [3.8, 4) is 11.4 Å². The first-order valence-corrected chi connectivity index (χ1v) is 6.79. The summed E-state index contributed by atoms with van der Waals surface area (Å²) in [6, 6.07) is 6.54. The van der Waals surface area contributed by atoms with Crippen LogP contribution in [0, 0.1) is 20.8 Å². The fourth-order valence-corrected chi connectivity index (χ4v) is 2.57. The zero-order chi connectivity index (χ0) is 14.0. The van der Waals surface area contributed by atoms with Gasteiger partial charge in [0.05, 0.1) is 5.69 Å². The highest BCUT2D eigenvalue weighted by Crippen LogP contribution is 2.25. The number of aryl methyl sites for hydroxylation is 3. The van der Waals surface area contributed by atoms with Gasteiger partial charge >= 0.3 is 0 Å². The fourth-order valence-electron chi connectivity index (χ4n) is 2.57. The second-order valence-electron chi connectivity index (χ2n) is 5.20. The molecule has 0 saturated heterocycles. The minimum Gasteiger partial charge on any atom is -0.331 e. The Morgan fingerprint density at radius 3 is 2.58 bits per heavy atom. The summed E-state index contributed by atoms with van der Waals surface area (Å²) >= 11 is 0. The second-order valence-corrected chi connectivity index (χ2v) is 5.20. The van der Waals surface area contributed by atoms with Crippen molar-refractivity contribution in [2.75, 3.05) is 13.6 Å². The maximum atomic E-state index is 4.76. The number of likely N-dealkylation sites (N-methyl/N-ethyl adjacent to an activating group) is 1. The summed E-state index contributed by atoms with van der Waals surface area (Å²) in [7, 11) is 4.09. The lowest BCUT2D eigenvalue weighted by atomic mass is 10.1. The van der Waals surface area contributed by atoms with E-state index in [2.05, 4.69) is 55.9 Å². The Morgan fingerprint density at radius 1 is 1.21 bits per heavy atom. The van der Waals surface area contributed by atoms with Crippen molar-refractivity contribution in [1.82, 2.24) is 14.9 Å². The van der Waals surface area contributed by atoms with Gasteiger partial charge in [-0.2, -0.15) is 0 Å². The third-order valence-electron chi connectivity index (χ3n) is 3.65. The average molecular weight is 257 g/mol. The van der Waals surface area contributed by atoms with Crippen molar-refractivity contribution in [1.29, 1.82) is 0 Å². The molecule has 0 spiro atoms. The van der Waals surface area contributed by atoms with Gasteiger partial charge in [-0.15, -0.1) is 0 Å². The highest BCUT2D eigenvalue weighted by molar-refractivity contribution is 5.62. The molecule has 0 aliphatic rings. The van der Waals surface area contributed by atoms with E-state index in [1.807, 2.05) is 7.05 Å². The van der Waals surface area contributed by atoms with Crippen molar-refractivity contribution < 1.29 is 0 Å². The topological polar surface area (TPSA) is 29.9 Å². The van der Waals surface area contributed by atoms with Gasteiger partial charge < -0.3 is 9.88 Å². The van der Waals surface area contributed by atoms with Crippen LogP contribution in [-0.2, 0) is 13.5 Å². The molecule has 3 nitrogen and oxygen atoms in total. The molecule has 0 aliphatic carbocycles. The van der Waals surface area contributed by atoms with Gasteiger partial charge in [0.1, 0.15) is 5.82 Å². The normalized spacial score (nSPS) is 11.0. The van der Waals surface area contributed by atoms with Crippen LogP contribution in [0.1, 0.15) is 22.5 Å². The highest BCUT2D eigenvalue weighted by atomic mass is 15.1. The van der Waals surface area contributed by atoms with E-state index in [4.69, 9.17) is 4.98 Å². The summed E-state index contributed by atoms with van der Waals surface area (Å²) in [6.45, 7) is 7.35. The van der Waals surface area contributed by atoms with Crippen LogP contribution >= 0.6 is 0 Å². The Kier molecular flexibility index (Phi) is 4.05. The van der Waals surface area contributed by atoms with Gasteiger partial charge in [-0.05, 0) is 33.4 Å². The summed E-state index contributed by atoms with van der Waals surface area (Å²) in [6.07, 6.45) is 1.01. The van der Waals surface area contributed by atoms with Crippen LogP contribution in [0.2, 0.25) is 0 Å². The molecular formula is C16H23N3. The molecular weight excluding hydrogens is 234 g/mol. The van der Waals surface area contributed by atoms with Gasteiger partial charge in [0.25, 0.3) is 0 Å². The molecule has 0 unspecified atom stereocenters. The van der Waals surface area contributed by atoms with Crippen LogP contribution in [-0.4, -0.2) is 23.1 Å². The molecule has 2 rings (SSSR count). The number of hydrogen-bond donors (Lipinski definition) is 1. The van der Waals surface area contributed by atoms with E-state index in [0.29, 0.717) is 0 Å². The van der Waals surface area contributed by atoms with E-state index < -0.39 is 0 Å². The first-order chi connectivity index (χ1) is 9.04. The molecule has 102 valence electrons. The van der Waals surface area contributed by atoms with Gasteiger partial charge in [0, 0.05) is 31.3 Å². The molecule has 19 heavy (non-hydrogen) atoms. The van der Waals surface area contributed by atoms with Crippen LogP contribution in [0.4, 0.5) is 0 Å². The van der Waals surface area contributed by atoms with E-state index in [1.165, 1.54) is 22.4 Å². The van der Waals surface area contributed by atoms with E-state index in [-0.39, 0.29) is 0 Å². The molecule has 2 aromatic rings. The molecule has 0 saturated carbocycles. The summed E-state index contributed by atoms with van der Waals surface area (Å²) in [5.74, 6) is 1.07. The first kappa shape index (κ1) is 13.8. The van der Waals surface area contributed by atoms with Crippen molar-refractivity contribution in [2.24, 2.45) is 7.05 Å². The first-order valence-electron chi connectivity index (χ1n) is 6.79. The van der Waals surface area contributed by atoms with E-state index in [1.54, 1.807) is 0 Å². The molecule has 0 amide bonds. The number of aromatic nitrogens is 2. The monoisotopic (exact) mass is 257 g/mol. The average Bonchev–Trinajstić information content (AvgIpc) is 2.63. The van der Waals surface area contributed by atoms with Crippen molar-refractivity contribution in [3.63, 3.8) is 0 Å². The van der Waals surface area contributed by atoms with Crippen LogP contribution in [0.25, 0.3) is 11.4 Å². The molecule has 1 aromatic heterocycles. The molecule has 1 aromatic carbocycles. The lowest BCUT2D eigenvalue weighted by molar-refractivity contribution is 0.736. The van der Waals surface area contributed by atoms with E-state index in [9.17, 15) is 0 Å².